The molecule has 8 heteroatoms. The zero-order valence-electron chi connectivity index (χ0n) is 20.7. The van der Waals surface area contributed by atoms with Gasteiger partial charge in [0.2, 0.25) is 11.8 Å². The largest absolute Gasteiger partial charge is 0.497 e. The summed E-state index contributed by atoms with van der Waals surface area (Å²) in [5.74, 6) is -1.10. The molecule has 2 atom stereocenters. The zero-order chi connectivity index (χ0) is 25.8. The average molecular weight is 488 g/mol. The van der Waals surface area contributed by atoms with Crippen molar-refractivity contribution in [3.63, 3.8) is 0 Å². The number of nitrogens with one attached hydrogen (secondary N) is 2. The van der Waals surface area contributed by atoms with Gasteiger partial charge in [0, 0.05) is 25.2 Å². The first-order valence-corrected chi connectivity index (χ1v) is 11.6. The molecule has 8 nitrogen and oxygen atoms in total. The molecule has 2 N–H and O–H groups in total. The van der Waals surface area contributed by atoms with Crippen molar-refractivity contribution in [3.05, 3.63) is 77.9 Å². The maximum Gasteiger partial charge on any atom is 0.253 e. The van der Waals surface area contributed by atoms with Gasteiger partial charge in [-0.1, -0.05) is 42.5 Å². The van der Waals surface area contributed by atoms with Crippen LogP contribution in [0.15, 0.2) is 66.7 Å². The van der Waals surface area contributed by atoms with Crippen LogP contribution in [0.1, 0.15) is 24.1 Å². The average Bonchev–Trinajstić information content (AvgIpc) is 3.00. The highest BCUT2D eigenvalue weighted by Crippen LogP contribution is 2.39. The second kappa shape index (κ2) is 10.5. The number of nitrogens with zero attached hydrogens (tertiary/aromatic N) is 1. The Bertz CT molecular complexity index is 1280. The summed E-state index contributed by atoms with van der Waals surface area (Å²) < 4.78 is 10.5. The van der Waals surface area contributed by atoms with Crippen LogP contribution in [0.4, 0.5) is 5.69 Å². The summed E-state index contributed by atoms with van der Waals surface area (Å²) in [6, 6.07) is 19.5. The van der Waals surface area contributed by atoms with Gasteiger partial charge in [-0.3, -0.25) is 14.4 Å². The highest BCUT2D eigenvalue weighted by molar-refractivity contribution is 6.07. The van der Waals surface area contributed by atoms with Crippen molar-refractivity contribution >= 4 is 23.4 Å². The Morgan fingerprint density at radius 3 is 2.19 bits per heavy atom. The van der Waals surface area contributed by atoms with E-state index in [1.165, 1.54) is 6.92 Å². The monoisotopic (exact) mass is 487 g/mol. The highest BCUT2D eigenvalue weighted by Gasteiger charge is 2.35. The van der Waals surface area contributed by atoms with Gasteiger partial charge in [0.1, 0.15) is 23.5 Å². The van der Waals surface area contributed by atoms with Crippen molar-refractivity contribution in [1.29, 1.82) is 0 Å². The van der Waals surface area contributed by atoms with Gasteiger partial charge in [-0.15, -0.1) is 0 Å². The molecule has 0 bridgehead atoms. The molecule has 36 heavy (non-hydrogen) atoms. The van der Waals surface area contributed by atoms with E-state index in [9.17, 15) is 14.4 Å². The summed E-state index contributed by atoms with van der Waals surface area (Å²) in [7, 11) is 4.78. The van der Waals surface area contributed by atoms with Crippen LogP contribution in [-0.4, -0.2) is 39.0 Å². The Hall–Kier alpha value is -4.33. The number of para-hydroxylation sites is 1. The number of anilines is 1. The standard InChI is InChI=1S/C28H29N3O5/c1-17(26(32)29-16-18-13-19(35-3)15-20(14-18)36-4)27(33)30-25-23-11-6-5-9-21(23)22-10-7-8-12-24(22)31(2)28(25)34/h5-15,17,25H,16H2,1-4H3,(H,29,32)(H,30,33)/t17-,25+/m0/s1. The summed E-state index contributed by atoms with van der Waals surface area (Å²) >= 11 is 0. The van der Waals surface area contributed by atoms with E-state index in [-0.39, 0.29) is 12.5 Å². The molecule has 0 spiro atoms. The van der Waals surface area contributed by atoms with Crippen molar-refractivity contribution in [2.45, 2.75) is 19.5 Å². The molecule has 186 valence electrons. The molecule has 3 aromatic carbocycles. The summed E-state index contributed by atoms with van der Waals surface area (Å²) in [5, 5.41) is 5.59. The predicted molar refractivity (Wildman–Crippen MR) is 137 cm³/mol. The van der Waals surface area contributed by atoms with Gasteiger partial charge < -0.3 is 25.0 Å². The number of fused-ring (bicyclic) bond motifs is 3. The SMILES string of the molecule is COc1cc(CNC(=O)[C@H](C)C(=O)N[C@H]2C(=O)N(C)c3ccccc3-c3ccccc32)cc(OC)c1. The molecule has 4 rings (SSSR count). The summed E-state index contributed by atoms with van der Waals surface area (Å²) in [6.07, 6.45) is 0. The smallest absolute Gasteiger partial charge is 0.253 e. The van der Waals surface area contributed by atoms with Gasteiger partial charge in [0.25, 0.3) is 5.91 Å². The first kappa shape index (κ1) is 24.8. The fourth-order valence-electron chi connectivity index (χ4n) is 4.27. The number of methoxy groups -OCH3 is 2. The number of likely N-dealkylation sites (N-methyl/N-ethyl adjacent to an activating group) is 1. The first-order chi connectivity index (χ1) is 17.3. The zero-order valence-corrected chi connectivity index (χ0v) is 20.7. The number of hydrogen-bond acceptors (Lipinski definition) is 5. The normalized spacial score (nSPS) is 15.2. The number of carbonyl (C=O) groups is 3. The molecule has 0 aromatic heterocycles. The van der Waals surface area contributed by atoms with Crippen LogP contribution in [-0.2, 0) is 20.9 Å². The lowest BCUT2D eigenvalue weighted by atomic mass is 9.95. The lowest BCUT2D eigenvalue weighted by Gasteiger charge is -2.24. The quantitative estimate of drug-likeness (QED) is 0.498. The number of carbonyl (C=O) groups excluding carboxylic acids is 3. The minimum absolute atomic E-state index is 0.188. The second-order valence-corrected chi connectivity index (χ2v) is 8.60. The van der Waals surface area contributed by atoms with Crippen LogP contribution in [0.25, 0.3) is 11.1 Å². The Morgan fingerprint density at radius 1 is 0.917 bits per heavy atom. The van der Waals surface area contributed by atoms with Crippen LogP contribution < -0.4 is 25.0 Å². The molecule has 3 amide bonds. The topological polar surface area (TPSA) is 97.0 Å². The minimum Gasteiger partial charge on any atom is -0.497 e. The molecule has 0 fully saturated rings. The third-order valence-corrected chi connectivity index (χ3v) is 6.36. The van der Waals surface area contributed by atoms with E-state index >= 15 is 0 Å². The molecular weight excluding hydrogens is 458 g/mol. The van der Waals surface area contributed by atoms with Gasteiger partial charge in [-0.2, -0.15) is 0 Å². The molecule has 0 saturated carbocycles. The second-order valence-electron chi connectivity index (χ2n) is 8.60. The molecule has 1 aliphatic rings. The van der Waals surface area contributed by atoms with Crippen LogP contribution in [0.2, 0.25) is 0 Å². The van der Waals surface area contributed by atoms with Gasteiger partial charge in [0.05, 0.1) is 19.9 Å². The third-order valence-electron chi connectivity index (χ3n) is 6.36. The van der Waals surface area contributed by atoms with Crippen LogP contribution in [0, 0.1) is 5.92 Å². The Kier molecular flexibility index (Phi) is 7.24. The van der Waals surface area contributed by atoms with E-state index in [1.54, 1.807) is 44.4 Å². The Balaban J connectivity index is 1.50. The van der Waals surface area contributed by atoms with Gasteiger partial charge in [0.15, 0.2) is 0 Å². The molecule has 0 aliphatic carbocycles. The molecule has 0 radical (unpaired) electrons. The summed E-state index contributed by atoms with van der Waals surface area (Å²) in [5.41, 5.74) is 3.97. The maximum absolute atomic E-state index is 13.4. The van der Waals surface area contributed by atoms with Crippen LogP contribution in [0.3, 0.4) is 0 Å². The molecule has 0 unspecified atom stereocenters. The van der Waals surface area contributed by atoms with Crippen LogP contribution in [0.5, 0.6) is 11.5 Å². The molecule has 0 saturated heterocycles. The predicted octanol–water partition coefficient (Wildman–Crippen LogP) is 3.46. The Labute approximate surface area is 210 Å². The maximum atomic E-state index is 13.4. The van der Waals surface area contributed by atoms with Gasteiger partial charge in [-0.25, -0.2) is 0 Å². The summed E-state index contributed by atoms with van der Waals surface area (Å²) in [6.45, 7) is 1.70. The number of amides is 3. The first-order valence-electron chi connectivity index (χ1n) is 11.6. The third kappa shape index (κ3) is 4.88. The molecule has 1 aliphatic heterocycles. The van der Waals surface area contributed by atoms with Gasteiger partial charge >= 0.3 is 0 Å². The molecule has 1 heterocycles. The number of rotatable bonds is 7. The van der Waals surface area contributed by atoms with E-state index in [0.717, 1.165) is 22.4 Å². The van der Waals surface area contributed by atoms with E-state index in [2.05, 4.69) is 10.6 Å². The fraction of sp³-hybridized carbons (Fsp3) is 0.250. The molecular formula is C28H29N3O5. The van der Waals surface area contributed by atoms with Crippen molar-refractivity contribution in [2.75, 3.05) is 26.2 Å². The summed E-state index contributed by atoms with van der Waals surface area (Å²) in [4.78, 5) is 40.9. The van der Waals surface area contributed by atoms with E-state index in [0.29, 0.717) is 17.1 Å². The minimum atomic E-state index is -1.02. The van der Waals surface area contributed by atoms with E-state index in [4.69, 9.17) is 9.47 Å². The van der Waals surface area contributed by atoms with Crippen molar-refractivity contribution < 1.29 is 23.9 Å². The number of ether oxygens (including phenoxy) is 2. The highest BCUT2D eigenvalue weighted by atomic mass is 16.5. The number of hydrogen-bond donors (Lipinski definition) is 2. The van der Waals surface area contributed by atoms with Gasteiger partial charge in [-0.05, 0) is 41.8 Å². The van der Waals surface area contributed by atoms with E-state index < -0.39 is 23.8 Å². The molecule has 3 aromatic rings. The van der Waals surface area contributed by atoms with Crippen molar-refractivity contribution in [2.24, 2.45) is 5.92 Å². The fourth-order valence-corrected chi connectivity index (χ4v) is 4.27. The van der Waals surface area contributed by atoms with Crippen molar-refractivity contribution in [1.82, 2.24) is 10.6 Å². The lowest BCUT2D eigenvalue weighted by Crippen LogP contribution is -2.45. The van der Waals surface area contributed by atoms with E-state index in [1.807, 2.05) is 48.5 Å². The number of benzene rings is 3. The van der Waals surface area contributed by atoms with Crippen LogP contribution >= 0.6 is 0 Å². The Morgan fingerprint density at radius 2 is 1.53 bits per heavy atom. The lowest BCUT2D eigenvalue weighted by molar-refractivity contribution is -0.136. The van der Waals surface area contributed by atoms with Crippen molar-refractivity contribution in [3.8, 4) is 22.6 Å².